The lowest BCUT2D eigenvalue weighted by atomic mass is 10.2. The van der Waals surface area contributed by atoms with Gasteiger partial charge in [-0.3, -0.25) is 0 Å². The second-order valence-electron chi connectivity index (χ2n) is 5.46. The number of ether oxygens (including phenoxy) is 1. The summed E-state index contributed by atoms with van der Waals surface area (Å²) in [5, 5.41) is 3.63. The minimum atomic E-state index is 0.474. The van der Waals surface area contributed by atoms with Gasteiger partial charge in [0.15, 0.2) is 0 Å². The number of halogens is 1. The van der Waals surface area contributed by atoms with Gasteiger partial charge in [-0.2, -0.15) is 0 Å². The van der Waals surface area contributed by atoms with Crippen LogP contribution in [0.3, 0.4) is 0 Å². The summed E-state index contributed by atoms with van der Waals surface area (Å²) in [5.41, 5.74) is 1.89. The fourth-order valence-corrected chi connectivity index (χ4v) is 2.09. The zero-order valence-electron chi connectivity index (χ0n) is 13.9. The maximum absolute atomic E-state index is 5.79. The summed E-state index contributed by atoms with van der Waals surface area (Å²) in [7, 11) is 7.83. The van der Waals surface area contributed by atoms with Gasteiger partial charge in [-0.15, -0.1) is 0 Å². The third-order valence-electron chi connectivity index (χ3n) is 3.38. The van der Waals surface area contributed by atoms with Crippen LogP contribution in [0.1, 0.15) is 0 Å². The Hall–Kier alpha value is -2.05. The van der Waals surface area contributed by atoms with E-state index in [4.69, 9.17) is 16.3 Å². The van der Waals surface area contributed by atoms with E-state index in [0.29, 0.717) is 11.0 Å². The summed E-state index contributed by atoms with van der Waals surface area (Å²) in [6.45, 7) is 1.92. The number of hydrogen-bond donors (Lipinski definition) is 1. The van der Waals surface area contributed by atoms with Gasteiger partial charge in [-0.05, 0) is 26.2 Å². The number of likely N-dealkylation sites (N-methyl/N-ethyl adjacent to an activating group) is 2. The Labute approximate surface area is 142 Å². The van der Waals surface area contributed by atoms with Crippen LogP contribution in [-0.2, 0) is 0 Å². The van der Waals surface area contributed by atoms with Crippen LogP contribution in [0.5, 0.6) is 5.75 Å². The number of anilines is 3. The molecule has 1 aromatic heterocycles. The molecule has 0 radical (unpaired) electrons. The molecule has 2 rings (SSSR count). The topological polar surface area (TPSA) is 53.5 Å². The molecule has 0 saturated heterocycles. The van der Waals surface area contributed by atoms with Gasteiger partial charge in [0.25, 0.3) is 0 Å². The van der Waals surface area contributed by atoms with Crippen molar-refractivity contribution in [3.05, 3.63) is 35.6 Å². The predicted molar refractivity (Wildman–Crippen MR) is 95.1 cm³/mol. The quantitative estimate of drug-likeness (QED) is 0.839. The molecule has 2 aromatic rings. The molecule has 0 saturated carbocycles. The fraction of sp³-hybridized carbons (Fsp3) is 0.375. The molecular formula is C16H22ClN5O. The lowest BCUT2D eigenvalue weighted by Gasteiger charge is -2.22. The van der Waals surface area contributed by atoms with E-state index < -0.39 is 0 Å². The third kappa shape index (κ3) is 4.97. The maximum atomic E-state index is 5.79. The van der Waals surface area contributed by atoms with Crippen molar-refractivity contribution in [3.63, 3.8) is 0 Å². The van der Waals surface area contributed by atoms with Crippen LogP contribution < -0.4 is 15.0 Å². The Bertz CT molecular complexity index is 633. The first-order chi connectivity index (χ1) is 11.0. The van der Waals surface area contributed by atoms with Crippen molar-refractivity contribution in [2.45, 2.75) is 0 Å². The van der Waals surface area contributed by atoms with Gasteiger partial charge in [0.1, 0.15) is 5.75 Å². The van der Waals surface area contributed by atoms with Gasteiger partial charge < -0.3 is 19.9 Å². The average Bonchev–Trinajstić information content (AvgIpc) is 2.55. The molecule has 0 bridgehead atoms. The zero-order chi connectivity index (χ0) is 16.8. The SMILES string of the molecule is COc1cc(N(C)CCN(C)C)ccc1Nc1ncc(Cl)cn1. The first-order valence-corrected chi connectivity index (χ1v) is 7.66. The highest BCUT2D eigenvalue weighted by Crippen LogP contribution is 2.31. The fourth-order valence-electron chi connectivity index (χ4n) is 2.00. The largest absolute Gasteiger partial charge is 0.494 e. The molecule has 0 spiro atoms. The van der Waals surface area contributed by atoms with Gasteiger partial charge in [-0.25, -0.2) is 9.97 Å². The van der Waals surface area contributed by atoms with Crippen LogP contribution in [0.4, 0.5) is 17.3 Å². The highest BCUT2D eigenvalue weighted by molar-refractivity contribution is 6.30. The van der Waals surface area contributed by atoms with Crippen molar-refractivity contribution in [2.24, 2.45) is 0 Å². The molecule has 1 N–H and O–H groups in total. The molecule has 0 unspecified atom stereocenters. The van der Waals surface area contributed by atoms with E-state index in [-0.39, 0.29) is 0 Å². The number of aromatic nitrogens is 2. The lowest BCUT2D eigenvalue weighted by molar-refractivity contribution is 0.413. The van der Waals surface area contributed by atoms with Gasteiger partial charge in [0.2, 0.25) is 5.95 Å². The third-order valence-corrected chi connectivity index (χ3v) is 3.57. The first kappa shape index (κ1) is 17.3. The van der Waals surface area contributed by atoms with Crippen molar-refractivity contribution in [1.82, 2.24) is 14.9 Å². The molecule has 0 aliphatic heterocycles. The van der Waals surface area contributed by atoms with Gasteiger partial charge in [0.05, 0.1) is 30.2 Å². The summed E-state index contributed by atoms with van der Waals surface area (Å²) in [6, 6.07) is 5.99. The van der Waals surface area contributed by atoms with E-state index in [9.17, 15) is 0 Å². The lowest BCUT2D eigenvalue weighted by Crippen LogP contribution is -2.28. The monoisotopic (exact) mass is 335 g/mol. The molecule has 0 aliphatic carbocycles. The van der Waals surface area contributed by atoms with E-state index in [1.54, 1.807) is 19.5 Å². The van der Waals surface area contributed by atoms with Crippen LogP contribution in [0, 0.1) is 0 Å². The van der Waals surface area contributed by atoms with Crippen molar-refractivity contribution in [2.75, 3.05) is 51.6 Å². The van der Waals surface area contributed by atoms with E-state index in [2.05, 4.69) is 46.2 Å². The summed E-state index contributed by atoms with van der Waals surface area (Å²) < 4.78 is 5.48. The van der Waals surface area contributed by atoms with E-state index in [0.717, 1.165) is 30.2 Å². The average molecular weight is 336 g/mol. The Balaban J connectivity index is 2.14. The second-order valence-corrected chi connectivity index (χ2v) is 5.90. The second kappa shape index (κ2) is 7.99. The van der Waals surface area contributed by atoms with Crippen molar-refractivity contribution in [3.8, 4) is 5.75 Å². The highest BCUT2D eigenvalue weighted by Gasteiger charge is 2.09. The molecule has 124 valence electrons. The molecule has 1 heterocycles. The molecule has 7 heteroatoms. The zero-order valence-corrected chi connectivity index (χ0v) is 14.6. The number of benzene rings is 1. The van der Waals surface area contributed by atoms with Crippen molar-refractivity contribution < 1.29 is 4.74 Å². The van der Waals surface area contributed by atoms with Gasteiger partial charge in [-0.1, -0.05) is 11.6 Å². The van der Waals surface area contributed by atoms with Crippen LogP contribution in [0.2, 0.25) is 5.02 Å². The number of hydrogen-bond acceptors (Lipinski definition) is 6. The highest BCUT2D eigenvalue weighted by atomic mass is 35.5. The molecule has 1 aromatic carbocycles. The van der Waals surface area contributed by atoms with Crippen molar-refractivity contribution >= 4 is 28.9 Å². The molecule has 6 nitrogen and oxygen atoms in total. The molecule has 23 heavy (non-hydrogen) atoms. The number of nitrogens with one attached hydrogen (secondary N) is 1. The predicted octanol–water partition coefficient (Wildman–Crippen LogP) is 2.88. The van der Waals surface area contributed by atoms with E-state index >= 15 is 0 Å². The van der Waals surface area contributed by atoms with Crippen LogP contribution >= 0.6 is 11.6 Å². The summed E-state index contributed by atoms with van der Waals surface area (Å²) in [6.07, 6.45) is 3.10. The molecular weight excluding hydrogens is 314 g/mol. The normalized spacial score (nSPS) is 10.7. The standard InChI is InChI=1S/C16H22ClN5O/c1-21(2)7-8-22(3)13-5-6-14(15(9-13)23-4)20-16-18-10-12(17)11-19-16/h5-6,9-11H,7-8H2,1-4H3,(H,18,19,20). The molecule has 0 fully saturated rings. The summed E-state index contributed by atoms with van der Waals surface area (Å²) >= 11 is 5.79. The van der Waals surface area contributed by atoms with Crippen molar-refractivity contribution in [1.29, 1.82) is 0 Å². The van der Waals surface area contributed by atoms with E-state index in [1.807, 2.05) is 18.2 Å². The van der Waals surface area contributed by atoms with Gasteiger partial charge in [0, 0.05) is 31.9 Å². The maximum Gasteiger partial charge on any atom is 0.227 e. The number of rotatable bonds is 7. The number of methoxy groups -OCH3 is 1. The Kier molecular flexibility index (Phi) is 6.01. The smallest absolute Gasteiger partial charge is 0.227 e. The molecule has 0 amide bonds. The Morgan fingerprint density at radius 3 is 2.43 bits per heavy atom. The minimum Gasteiger partial charge on any atom is -0.494 e. The Morgan fingerprint density at radius 2 is 1.83 bits per heavy atom. The van der Waals surface area contributed by atoms with Crippen LogP contribution in [0.25, 0.3) is 0 Å². The number of nitrogens with zero attached hydrogens (tertiary/aromatic N) is 4. The Morgan fingerprint density at radius 1 is 1.13 bits per heavy atom. The van der Waals surface area contributed by atoms with E-state index in [1.165, 1.54) is 0 Å². The molecule has 0 aliphatic rings. The van der Waals surface area contributed by atoms with Crippen LogP contribution in [-0.4, -0.2) is 56.2 Å². The van der Waals surface area contributed by atoms with Crippen LogP contribution in [0.15, 0.2) is 30.6 Å². The summed E-state index contributed by atoms with van der Waals surface area (Å²) in [5.74, 6) is 1.21. The first-order valence-electron chi connectivity index (χ1n) is 7.28. The summed E-state index contributed by atoms with van der Waals surface area (Å²) in [4.78, 5) is 12.6. The van der Waals surface area contributed by atoms with Gasteiger partial charge >= 0.3 is 0 Å². The molecule has 0 atom stereocenters. The minimum absolute atomic E-state index is 0.474.